The average molecular weight is 296 g/mol. The number of benzene rings is 1. The summed E-state index contributed by atoms with van der Waals surface area (Å²) in [5, 5.41) is 0. The minimum absolute atomic E-state index is 0.0378. The van der Waals surface area contributed by atoms with Crippen LogP contribution in [0.3, 0.4) is 0 Å². The molecular weight excluding hydrogens is 278 g/mol. The van der Waals surface area contributed by atoms with E-state index in [0.717, 1.165) is 12.8 Å². The van der Waals surface area contributed by atoms with Crippen molar-refractivity contribution in [2.24, 2.45) is 0 Å². The topological polar surface area (TPSA) is 38.8 Å². The summed E-state index contributed by atoms with van der Waals surface area (Å²) >= 11 is 5.86. The van der Waals surface area contributed by atoms with E-state index in [-0.39, 0.29) is 12.7 Å². The molecule has 1 aliphatic heterocycles. The van der Waals surface area contributed by atoms with E-state index in [0.29, 0.717) is 35.5 Å². The Bertz CT molecular complexity index is 500. The van der Waals surface area contributed by atoms with Crippen LogP contribution in [0, 0.1) is 0 Å². The van der Waals surface area contributed by atoms with E-state index in [2.05, 4.69) is 0 Å². The van der Waals surface area contributed by atoms with Crippen LogP contribution in [0.4, 0.5) is 0 Å². The first-order valence-electron chi connectivity index (χ1n) is 7.06. The van der Waals surface area contributed by atoms with Crippen LogP contribution < -0.4 is 9.47 Å². The molecule has 108 valence electrons. The molecule has 0 aromatic heterocycles. The summed E-state index contributed by atoms with van der Waals surface area (Å²) in [5.74, 6) is 1.85. The van der Waals surface area contributed by atoms with Crippen LogP contribution in [-0.2, 0) is 0 Å². The fourth-order valence-electron chi connectivity index (χ4n) is 2.95. The molecule has 0 spiro atoms. The maximum Gasteiger partial charge on any atom is 0.254 e. The number of nitrogens with zero attached hydrogens (tertiary/aromatic N) is 1. The molecule has 0 saturated heterocycles. The van der Waals surface area contributed by atoms with Crippen LogP contribution in [0.5, 0.6) is 11.5 Å². The summed E-state index contributed by atoms with van der Waals surface area (Å²) < 4.78 is 10.6. The van der Waals surface area contributed by atoms with Gasteiger partial charge in [0.15, 0.2) is 11.5 Å². The number of amides is 1. The zero-order chi connectivity index (χ0) is 13.9. The first-order valence-corrected chi connectivity index (χ1v) is 7.59. The van der Waals surface area contributed by atoms with E-state index in [1.54, 1.807) is 18.2 Å². The Morgan fingerprint density at radius 1 is 1.25 bits per heavy atom. The van der Waals surface area contributed by atoms with E-state index >= 15 is 0 Å². The van der Waals surface area contributed by atoms with Gasteiger partial charge < -0.3 is 14.4 Å². The van der Waals surface area contributed by atoms with Gasteiger partial charge in [-0.1, -0.05) is 12.8 Å². The maximum atomic E-state index is 12.7. The van der Waals surface area contributed by atoms with Crippen molar-refractivity contribution in [1.29, 1.82) is 0 Å². The highest BCUT2D eigenvalue weighted by Crippen LogP contribution is 2.33. The number of fused-ring (bicyclic) bond motifs is 1. The van der Waals surface area contributed by atoms with E-state index in [1.165, 1.54) is 12.8 Å². The third kappa shape index (κ3) is 2.57. The molecule has 1 heterocycles. The van der Waals surface area contributed by atoms with Crippen LogP contribution in [-0.4, -0.2) is 36.1 Å². The summed E-state index contributed by atoms with van der Waals surface area (Å²) in [6.07, 6.45) is 4.54. The minimum atomic E-state index is 0.0378. The molecule has 0 unspecified atom stereocenters. The quantitative estimate of drug-likeness (QED) is 0.802. The van der Waals surface area contributed by atoms with Crippen LogP contribution in [0.1, 0.15) is 36.0 Å². The fourth-order valence-corrected chi connectivity index (χ4v) is 3.13. The first kappa shape index (κ1) is 13.6. The van der Waals surface area contributed by atoms with Crippen LogP contribution in [0.2, 0.25) is 0 Å². The lowest BCUT2D eigenvalue weighted by Gasteiger charge is -2.28. The van der Waals surface area contributed by atoms with Gasteiger partial charge in [-0.3, -0.25) is 4.79 Å². The van der Waals surface area contributed by atoms with Gasteiger partial charge in [-0.25, -0.2) is 0 Å². The second-order valence-corrected chi connectivity index (χ2v) is 5.57. The average Bonchev–Trinajstić information content (AvgIpc) is 3.13. The zero-order valence-electron chi connectivity index (χ0n) is 11.3. The Morgan fingerprint density at radius 2 is 2.00 bits per heavy atom. The van der Waals surface area contributed by atoms with Gasteiger partial charge in [0.25, 0.3) is 5.91 Å². The van der Waals surface area contributed by atoms with Crippen molar-refractivity contribution in [1.82, 2.24) is 4.90 Å². The highest BCUT2D eigenvalue weighted by molar-refractivity contribution is 6.18. The minimum Gasteiger partial charge on any atom is -0.454 e. The molecule has 4 nitrogen and oxygen atoms in total. The summed E-state index contributed by atoms with van der Waals surface area (Å²) in [6, 6.07) is 5.68. The normalized spacial score (nSPS) is 17.4. The lowest BCUT2D eigenvalue weighted by atomic mass is 10.1. The molecule has 0 bridgehead atoms. The highest BCUT2D eigenvalue weighted by atomic mass is 35.5. The van der Waals surface area contributed by atoms with Crippen molar-refractivity contribution in [3.8, 4) is 11.5 Å². The molecule has 3 rings (SSSR count). The third-order valence-electron chi connectivity index (χ3n) is 3.97. The van der Waals surface area contributed by atoms with Crippen molar-refractivity contribution in [3.63, 3.8) is 0 Å². The van der Waals surface area contributed by atoms with Crippen molar-refractivity contribution < 1.29 is 14.3 Å². The largest absolute Gasteiger partial charge is 0.454 e. The predicted octanol–water partition coefficient (Wildman–Crippen LogP) is 3.04. The van der Waals surface area contributed by atoms with E-state index in [1.807, 2.05) is 4.90 Å². The number of ether oxygens (including phenoxy) is 2. The molecule has 1 aromatic rings. The molecule has 1 saturated carbocycles. The van der Waals surface area contributed by atoms with E-state index in [9.17, 15) is 4.79 Å². The Hall–Kier alpha value is -1.42. The van der Waals surface area contributed by atoms with Crippen molar-refractivity contribution in [2.45, 2.75) is 31.7 Å². The number of hydrogen-bond donors (Lipinski definition) is 0. The van der Waals surface area contributed by atoms with Crippen molar-refractivity contribution in [2.75, 3.05) is 19.2 Å². The zero-order valence-corrected chi connectivity index (χ0v) is 12.1. The number of rotatable bonds is 4. The molecule has 0 N–H and O–H groups in total. The van der Waals surface area contributed by atoms with Gasteiger partial charge in [0.2, 0.25) is 6.79 Å². The highest BCUT2D eigenvalue weighted by Gasteiger charge is 2.28. The summed E-state index contributed by atoms with van der Waals surface area (Å²) in [5.41, 5.74) is 0.645. The molecular formula is C15H18ClNO3. The van der Waals surface area contributed by atoms with Crippen molar-refractivity contribution >= 4 is 17.5 Å². The second-order valence-electron chi connectivity index (χ2n) is 5.19. The maximum absolute atomic E-state index is 12.7. The van der Waals surface area contributed by atoms with Crippen molar-refractivity contribution in [3.05, 3.63) is 23.8 Å². The van der Waals surface area contributed by atoms with Crippen LogP contribution >= 0.6 is 11.6 Å². The van der Waals surface area contributed by atoms with Gasteiger partial charge in [-0.15, -0.1) is 11.6 Å². The molecule has 1 amide bonds. The Labute approximate surface area is 123 Å². The Kier molecular flexibility index (Phi) is 4.01. The van der Waals surface area contributed by atoms with Gasteiger partial charge >= 0.3 is 0 Å². The third-order valence-corrected chi connectivity index (χ3v) is 4.14. The van der Waals surface area contributed by atoms with Crippen LogP contribution in [0.25, 0.3) is 0 Å². The second kappa shape index (κ2) is 5.92. The van der Waals surface area contributed by atoms with Crippen LogP contribution in [0.15, 0.2) is 18.2 Å². The standard InChI is InChI=1S/C15H18ClNO3/c16-7-8-17(12-3-1-2-4-12)15(18)11-5-6-13-14(9-11)20-10-19-13/h5-6,9,12H,1-4,7-8,10H2. The lowest BCUT2D eigenvalue weighted by Crippen LogP contribution is -2.40. The molecule has 1 fully saturated rings. The SMILES string of the molecule is O=C(c1ccc2c(c1)OCO2)N(CCCl)C1CCCC1. The predicted molar refractivity (Wildman–Crippen MR) is 76.6 cm³/mol. The smallest absolute Gasteiger partial charge is 0.254 e. The first-order chi connectivity index (χ1) is 9.79. The summed E-state index contributed by atoms with van der Waals surface area (Å²) in [7, 11) is 0. The van der Waals surface area contributed by atoms with E-state index in [4.69, 9.17) is 21.1 Å². The molecule has 1 aromatic carbocycles. The number of halogens is 1. The molecule has 0 radical (unpaired) electrons. The number of carbonyl (C=O) groups is 1. The molecule has 20 heavy (non-hydrogen) atoms. The van der Waals surface area contributed by atoms with Gasteiger partial charge in [-0.2, -0.15) is 0 Å². The number of carbonyl (C=O) groups excluding carboxylic acids is 1. The fraction of sp³-hybridized carbons (Fsp3) is 0.533. The molecule has 2 aliphatic rings. The summed E-state index contributed by atoms with van der Waals surface area (Å²) in [4.78, 5) is 14.6. The summed E-state index contributed by atoms with van der Waals surface area (Å²) in [6.45, 7) is 0.820. The van der Waals surface area contributed by atoms with Gasteiger partial charge in [0, 0.05) is 24.0 Å². The molecule has 5 heteroatoms. The number of alkyl halides is 1. The Morgan fingerprint density at radius 3 is 2.75 bits per heavy atom. The molecule has 0 atom stereocenters. The van der Waals surface area contributed by atoms with E-state index < -0.39 is 0 Å². The monoisotopic (exact) mass is 295 g/mol. The lowest BCUT2D eigenvalue weighted by molar-refractivity contribution is 0.0694. The molecule has 1 aliphatic carbocycles. The van der Waals surface area contributed by atoms with Gasteiger partial charge in [-0.05, 0) is 31.0 Å². The van der Waals surface area contributed by atoms with Gasteiger partial charge in [0.1, 0.15) is 0 Å². The van der Waals surface area contributed by atoms with Gasteiger partial charge in [0.05, 0.1) is 0 Å². The number of hydrogen-bond acceptors (Lipinski definition) is 3. The Balaban J connectivity index is 1.81.